The lowest BCUT2D eigenvalue weighted by atomic mass is 9.68. The number of allylic oxidation sites excluding steroid dienone is 1. The molecule has 0 aromatic heterocycles. The van der Waals surface area contributed by atoms with Crippen LogP contribution in [0.25, 0.3) is 0 Å². The predicted molar refractivity (Wildman–Crippen MR) is 85.6 cm³/mol. The third-order valence-electron chi connectivity index (χ3n) is 5.92. The zero-order valence-corrected chi connectivity index (χ0v) is 13.1. The minimum absolute atomic E-state index is 0.781. The van der Waals surface area contributed by atoms with Crippen molar-refractivity contribution in [3.63, 3.8) is 0 Å². The molecule has 0 aromatic rings. The number of hydrogen-bond donors (Lipinski definition) is 0. The molecule has 0 spiro atoms. The first-order valence-electron chi connectivity index (χ1n) is 8.88. The summed E-state index contributed by atoms with van der Waals surface area (Å²) >= 11 is 0. The van der Waals surface area contributed by atoms with Crippen LogP contribution in [0.3, 0.4) is 0 Å². The number of rotatable bonds is 7. The quantitative estimate of drug-likeness (QED) is 0.440. The van der Waals surface area contributed by atoms with E-state index >= 15 is 0 Å². The van der Waals surface area contributed by atoms with Crippen molar-refractivity contribution in [2.75, 3.05) is 0 Å². The van der Waals surface area contributed by atoms with Gasteiger partial charge in [-0.1, -0.05) is 31.8 Å². The molecule has 2 saturated carbocycles. The van der Waals surface area contributed by atoms with E-state index in [9.17, 15) is 4.79 Å². The molecular weight excluding hydrogens is 244 g/mol. The van der Waals surface area contributed by atoms with Crippen LogP contribution in [-0.2, 0) is 4.79 Å². The fourth-order valence-corrected chi connectivity index (χ4v) is 4.55. The maximum absolute atomic E-state index is 10.5. The topological polar surface area (TPSA) is 17.1 Å². The molecule has 2 aliphatic carbocycles. The molecule has 1 heteroatoms. The van der Waals surface area contributed by atoms with Gasteiger partial charge in [-0.3, -0.25) is 0 Å². The molecule has 0 atom stereocenters. The Bertz CT molecular complexity index is 250. The highest BCUT2D eigenvalue weighted by Crippen LogP contribution is 2.42. The summed E-state index contributed by atoms with van der Waals surface area (Å²) in [5.41, 5.74) is 0. The highest BCUT2D eigenvalue weighted by Gasteiger charge is 2.30. The first-order chi connectivity index (χ1) is 9.83. The average molecular weight is 276 g/mol. The number of hydrogen-bond acceptors (Lipinski definition) is 1. The van der Waals surface area contributed by atoms with Gasteiger partial charge in [-0.25, -0.2) is 0 Å². The second kappa shape index (κ2) is 8.64. The third-order valence-corrected chi connectivity index (χ3v) is 5.92. The molecule has 0 aromatic carbocycles. The second-order valence-electron chi connectivity index (χ2n) is 7.17. The van der Waals surface area contributed by atoms with Gasteiger partial charge in [0.1, 0.15) is 6.29 Å². The summed E-state index contributed by atoms with van der Waals surface area (Å²) in [6.07, 6.45) is 19.2. The Hall–Kier alpha value is -0.590. The van der Waals surface area contributed by atoms with Crippen molar-refractivity contribution < 1.29 is 4.79 Å². The van der Waals surface area contributed by atoms with Gasteiger partial charge >= 0.3 is 0 Å². The van der Waals surface area contributed by atoms with Crippen LogP contribution in [-0.4, -0.2) is 6.29 Å². The van der Waals surface area contributed by atoms with Crippen molar-refractivity contribution >= 4 is 6.29 Å². The first kappa shape index (κ1) is 15.8. The summed E-state index contributed by atoms with van der Waals surface area (Å²) in [5.74, 6) is 3.85. The maximum Gasteiger partial charge on any atom is 0.120 e. The van der Waals surface area contributed by atoms with Gasteiger partial charge in [0.05, 0.1) is 0 Å². The largest absolute Gasteiger partial charge is 0.303 e. The van der Waals surface area contributed by atoms with Gasteiger partial charge in [-0.15, -0.1) is 6.58 Å². The summed E-state index contributed by atoms with van der Waals surface area (Å²) in [5, 5.41) is 0. The minimum atomic E-state index is 0.781. The van der Waals surface area contributed by atoms with Crippen LogP contribution in [0, 0.1) is 23.7 Å². The molecule has 0 unspecified atom stereocenters. The van der Waals surface area contributed by atoms with Crippen LogP contribution in [0.5, 0.6) is 0 Å². The van der Waals surface area contributed by atoms with E-state index in [0.717, 1.165) is 42.8 Å². The molecule has 114 valence electrons. The van der Waals surface area contributed by atoms with Crippen LogP contribution < -0.4 is 0 Å². The normalized spacial score (nSPS) is 34.6. The molecule has 0 amide bonds. The Morgan fingerprint density at radius 2 is 1.20 bits per heavy atom. The molecule has 0 N–H and O–H groups in total. The molecule has 2 fully saturated rings. The molecule has 0 saturated heterocycles. The van der Waals surface area contributed by atoms with E-state index in [1.165, 1.54) is 64.2 Å². The second-order valence-corrected chi connectivity index (χ2v) is 7.17. The van der Waals surface area contributed by atoms with Gasteiger partial charge in [0, 0.05) is 6.42 Å². The maximum atomic E-state index is 10.5. The van der Waals surface area contributed by atoms with E-state index in [4.69, 9.17) is 0 Å². The molecule has 0 bridgehead atoms. The number of aldehydes is 1. The van der Waals surface area contributed by atoms with Crippen LogP contribution in [0.2, 0.25) is 0 Å². The third kappa shape index (κ3) is 4.75. The highest BCUT2D eigenvalue weighted by molar-refractivity contribution is 5.49. The van der Waals surface area contributed by atoms with Crippen molar-refractivity contribution in [2.45, 2.75) is 77.0 Å². The van der Waals surface area contributed by atoms with E-state index < -0.39 is 0 Å². The Morgan fingerprint density at radius 1 is 0.750 bits per heavy atom. The average Bonchev–Trinajstić information content (AvgIpc) is 2.52. The molecule has 2 aliphatic rings. The van der Waals surface area contributed by atoms with E-state index in [1.54, 1.807) is 0 Å². The fourth-order valence-electron chi connectivity index (χ4n) is 4.55. The first-order valence-corrected chi connectivity index (χ1v) is 8.88. The summed E-state index contributed by atoms with van der Waals surface area (Å²) in [6, 6.07) is 0. The number of carbonyl (C=O) groups is 1. The number of carbonyl (C=O) groups excluding carboxylic acids is 1. The Balaban J connectivity index is 1.65. The van der Waals surface area contributed by atoms with E-state index in [2.05, 4.69) is 12.7 Å². The van der Waals surface area contributed by atoms with Crippen LogP contribution >= 0.6 is 0 Å². The van der Waals surface area contributed by atoms with E-state index in [1.807, 2.05) is 0 Å². The zero-order valence-electron chi connectivity index (χ0n) is 13.1. The molecule has 2 rings (SSSR count). The molecule has 0 heterocycles. The lowest BCUT2D eigenvalue weighted by Gasteiger charge is -2.37. The monoisotopic (exact) mass is 276 g/mol. The Morgan fingerprint density at radius 3 is 1.60 bits per heavy atom. The zero-order chi connectivity index (χ0) is 14.2. The summed E-state index contributed by atoms with van der Waals surface area (Å²) < 4.78 is 0. The smallest absolute Gasteiger partial charge is 0.120 e. The molecule has 1 nitrogen and oxygen atoms in total. The van der Waals surface area contributed by atoms with Crippen molar-refractivity contribution in [3.8, 4) is 0 Å². The van der Waals surface area contributed by atoms with Crippen LogP contribution in [0.1, 0.15) is 77.0 Å². The van der Waals surface area contributed by atoms with Gasteiger partial charge in [-0.2, -0.15) is 0 Å². The van der Waals surface area contributed by atoms with Crippen molar-refractivity contribution in [2.24, 2.45) is 23.7 Å². The van der Waals surface area contributed by atoms with Gasteiger partial charge in [0.25, 0.3) is 0 Å². The summed E-state index contributed by atoms with van der Waals surface area (Å²) in [4.78, 5) is 10.5. The van der Waals surface area contributed by atoms with E-state index in [-0.39, 0.29) is 0 Å². The lowest BCUT2D eigenvalue weighted by Crippen LogP contribution is -2.25. The highest BCUT2D eigenvalue weighted by atomic mass is 16.1. The SMILES string of the molecule is C=CCCC1CCC(C2CCC(CCC=O)CC2)CC1. The van der Waals surface area contributed by atoms with Gasteiger partial charge in [0.15, 0.2) is 0 Å². The molecule has 20 heavy (non-hydrogen) atoms. The van der Waals surface area contributed by atoms with Crippen LogP contribution in [0.4, 0.5) is 0 Å². The lowest BCUT2D eigenvalue weighted by molar-refractivity contribution is -0.108. The van der Waals surface area contributed by atoms with E-state index in [0.29, 0.717) is 0 Å². The fraction of sp³-hybridized carbons (Fsp3) is 0.842. The Labute approximate surface area is 125 Å². The van der Waals surface area contributed by atoms with Gasteiger partial charge in [-0.05, 0) is 68.6 Å². The molecule has 0 radical (unpaired) electrons. The van der Waals surface area contributed by atoms with Crippen molar-refractivity contribution in [3.05, 3.63) is 12.7 Å². The predicted octanol–water partition coefficient (Wildman–Crippen LogP) is 5.54. The summed E-state index contributed by atoms with van der Waals surface area (Å²) in [6.45, 7) is 3.84. The Kier molecular flexibility index (Phi) is 6.82. The standard InChI is InChI=1S/C19H32O/c1-2-3-5-16-7-11-18(12-8-16)19-13-9-17(10-14-19)6-4-15-20/h2,15-19H,1,3-14H2. The molecular formula is C19H32O. The van der Waals surface area contributed by atoms with Crippen molar-refractivity contribution in [1.29, 1.82) is 0 Å². The van der Waals surface area contributed by atoms with Gasteiger partial charge < -0.3 is 4.79 Å². The van der Waals surface area contributed by atoms with Gasteiger partial charge in [0.2, 0.25) is 0 Å². The summed E-state index contributed by atoms with van der Waals surface area (Å²) in [7, 11) is 0. The van der Waals surface area contributed by atoms with Crippen LogP contribution in [0.15, 0.2) is 12.7 Å². The van der Waals surface area contributed by atoms with Crippen molar-refractivity contribution in [1.82, 2.24) is 0 Å². The molecule has 0 aliphatic heterocycles. The minimum Gasteiger partial charge on any atom is -0.303 e.